The Morgan fingerprint density at radius 3 is 2.52 bits per heavy atom. The molecule has 1 aromatic heterocycles. The number of rotatable bonds is 3. The molecule has 3 heterocycles. The van der Waals surface area contributed by atoms with Gasteiger partial charge >= 0.3 is 0 Å². The van der Waals surface area contributed by atoms with Gasteiger partial charge in [0.25, 0.3) is 5.91 Å². The minimum atomic E-state index is -0.271. The van der Waals surface area contributed by atoms with Gasteiger partial charge in [-0.25, -0.2) is 4.98 Å². The molecule has 2 fully saturated rings. The molecule has 1 aromatic carbocycles. The molecule has 2 aromatic rings. The summed E-state index contributed by atoms with van der Waals surface area (Å²) < 4.78 is 5.61. The van der Waals surface area contributed by atoms with Gasteiger partial charge in [-0.15, -0.1) is 11.3 Å². The highest BCUT2D eigenvalue weighted by atomic mass is 32.1. The third-order valence-corrected chi connectivity index (χ3v) is 9.08. The van der Waals surface area contributed by atoms with Crippen molar-refractivity contribution in [2.75, 3.05) is 26.4 Å². The minimum absolute atomic E-state index is 0.161. The molecular weight excluding hydrogens is 430 g/mol. The van der Waals surface area contributed by atoms with Gasteiger partial charge < -0.3 is 9.64 Å². The third-order valence-electron chi connectivity index (χ3n) is 8.07. The molecule has 1 amide bonds. The average molecular weight is 468 g/mol. The summed E-state index contributed by atoms with van der Waals surface area (Å²) in [5, 5.41) is 6.58. The van der Waals surface area contributed by atoms with E-state index in [1.165, 1.54) is 34.5 Å². The normalized spacial score (nSPS) is 25.0. The van der Waals surface area contributed by atoms with Gasteiger partial charge in [0.15, 0.2) is 0 Å². The predicted octanol–water partition coefficient (Wildman–Crippen LogP) is 5.20. The third kappa shape index (κ3) is 4.50. The lowest BCUT2D eigenvalue weighted by Crippen LogP contribution is -2.48. The number of aromatic nitrogens is 1. The fraction of sp³-hybridized carbons (Fsp3) is 0.630. The number of fused-ring (bicyclic) bond motifs is 1. The number of nitrogens with one attached hydrogen (secondary N) is 1. The summed E-state index contributed by atoms with van der Waals surface area (Å²) in [6, 6.07) is 7.01. The van der Waals surface area contributed by atoms with E-state index in [0.717, 1.165) is 44.6 Å². The summed E-state index contributed by atoms with van der Waals surface area (Å²) in [5.74, 6) is 0.601. The van der Waals surface area contributed by atoms with Gasteiger partial charge in [-0.05, 0) is 60.1 Å². The Labute approximate surface area is 201 Å². The lowest BCUT2D eigenvalue weighted by molar-refractivity contribution is -0.148. The van der Waals surface area contributed by atoms with E-state index in [1.807, 2.05) is 4.90 Å². The first-order valence-corrected chi connectivity index (χ1v) is 13.3. The van der Waals surface area contributed by atoms with Crippen molar-refractivity contribution in [3.63, 3.8) is 0 Å². The highest BCUT2D eigenvalue weighted by molar-refractivity contribution is 7.10. The summed E-state index contributed by atoms with van der Waals surface area (Å²) in [6.45, 7) is 12.4. The molecule has 0 bridgehead atoms. The van der Waals surface area contributed by atoms with Crippen LogP contribution in [0.5, 0.6) is 0 Å². The van der Waals surface area contributed by atoms with Crippen LogP contribution in [0, 0.1) is 0 Å². The molecule has 6 heteroatoms. The van der Waals surface area contributed by atoms with Crippen molar-refractivity contribution in [1.82, 2.24) is 15.2 Å². The minimum Gasteiger partial charge on any atom is -0.353 e. The molecule has 0 saturated carbocycles. The molecule has 33 heavy (non-hydrogen) atoms. The van der Waals surface area contributed by atoms with E-state index < -0.39 is 0 Å². The molecule has 2 saturated heterocycles. The van der Waals surface area contributed by atoms with Crippen LogP contribution in [-0.2, 0) is 20.4 Å². The van der Waals surface area contributed by atoms with Gasteiger partial charge in [0.1, 0.15) is 6.10 Å². The maximum atomic E-state index is 12.8. The van der Waals surface area contributed by atoms with Crippen molar-refractivity contribution < 1.29 is 9.53 Å². The molecular formula is C27H37N3O2S. The van der Waals surface area contributed by atoms with Crippen molar-refractivity contribution in [3.8, 4) is 11.3 Å². The fourth-order valence-corrected chi connectivity index (χ4v) is 6.65. The number of piperidine rings is 1. The lowest BCUT2D eigenvalue weighted by Gasteiger charge is -2.42. The molecule has 5 rings (SSSR count). The Balaban J connectivity index is 1.28. The number of nitrogens with zero attached hydrogens (tertiary/aromatic N) is 2. The van der Waals surface area contributed by atoms with Crippen LogP contribution in [0.25, 0.3) is 11.3 Å². The summed E-state index contributed by atoms with van der Waals surface area (Å²) in [5.41, 5.74) is 5.75. The number of likely N-dealkylation sites (tertiary alicyclic amines) is 1. The van der Waals surface area contributed by atoms with E-state index in [1.54, 1.807) is 11.3 Å². The van der Waals surface area contributed by atoms with Gasteiger partial charge in [-0.3, -0.25) is 10.1 Å². The molecule has 0 spiro atoms. The Kier molecular flexibility index (Phi) is 6.13. The Bertz CT molecular complexity index is 1010. The van der Waals surface area contributed by atoms with Crippen LogP contribution in [0.1, 0.15) is 81.9 Å². The lowest BCUT2D eigenvalue weighted by atomic mass is 9.63. The number of carbonyl (C=O) groups is 1. The van der Waals surface area contributed by atoms with E-state index in [0.29, 0.717) is 12.6 Å². The van der Waals surface area contributed by atoms with Gasteiger partial charge in [-0.2, -0.15) is 0 Å². The zero-order valence-corrected chi connectivity index (χ0v) is 21.3. The molecule has 0 radical (unpaired) electrons. The quantitative estimate of drug-likeness (QED) is 0.674. The van der Waals surface area contributed by atoms with E-state index >= 15 is 0 Å². The fourth-order valence-electron chi connectivity index (χ4n) is 5.65. The van der Waals surface area contributed by atoms with E-state index in [4.69, 9.17) is 9.72 Å². The van der Waals surface area contributed by atoms with Crippen LogP contribution < -0.4 is 5.32 Å². The van der Waals surface area contributed by atoms with Gasteiger partial charge in [0.2, 0.25) is 0 Å². The van der Waals surface area contributed by atoms with Crippen LogP contribution >= 0.6 is 11.3 Å². The maximum absolute atomic E-state index is 12.8. The topological polar surface area (TPSA) is 54.5 Å². The zero-order chi connectivity index (χ0) is 23.2. The highest BCUT2D eigenvalue weighted by Gasteiger charge is 2.37. The second-order valence-electron chi connectivity index (χ2n) is 11.3. The molecule has 1 aliphatic carbocycles. The van der Waals surface area contributed by atoms with Crippen LogP contribution in [0.3, 0.4) is 0 Å². The number of ether oxygens (including phenoxy) is 1. The molecule has 1 atom stereocenters. The Morgan fingerprint density at radius 2 is 1.82 bits per heavy atom. The number of amides is 1. The van der Waals surface area contributed by atoms with Crippen molar-refractivity contribution in [2.45, 2.75) is 82.7 Å². The Hall–Kier alpha value is -1.76. The van der Waals surface area contributed by atoms with E-state index in [-0.39, 0.29) is 22.8 Å². The van der Waals surface area contributed by atoms with Crippen molar-refractivity contribution in [3.05, 3.63) is 39.7 Å². The first kappa shape index (κ1) is 23.0. The van der Waals surface area contributed by atoms with Gasteiger partial charge in [-0.1, -0.05) is 39.8 Å². The van der Waals surface area contributed by atoms with Crippen molar-refractivity contribution in [2.24, 2.45) is 0 Å². The predicted molar refractivity (Wildman–Crippen MR) is 134 cm³/mol. The van der Waals surface area contributed by atoms with Crippen LogP contribution in [-0.4, -0.2) is 48.3 Å². The largest absolute Gasteiger partial charge is 0.353 e. The van der Waals surface area contributed by atoms with E-state index in [2.05, 4.69) is 56.6 Å². The summed E-state index contributed by atoms with van der Waals surface area (Å²) in [4.78, 5) is 19.8. The molecule has 178 valence electrons. The summed E-state index contributed by atoms with van der Waals surface area (Å²) >= 11 is 1.78. The molecule has 3 aliphatic rings. The molecule has 1 N–H and O–H groups in total. The first-order chi connectivity index (χ1) is 15.7. The number of hydrogen-bond acceptors (Lipinski definition) is 5. The molecule has 2 aliphatic heterocycles. The second-order valence-corrected chi connectivity index (χ2v) is 12.2. The highest BCUT2D eigenvalue weighted by Crippen LogP contribution is 2.47. The zero-order valence-electron chi connectivity index (χ0n) is 20.4. The SMILES string of the molecule is CC1(C)CCC(C)(C)c2cc(-c3csc(C4CCN(C(=O)C5CCNCO5)CC4)n3)ccc21. The molecule has 5 nitrogen and oxygen atoms in total. The maximum Gasteiger partial charge on any atom is 0.251 e. The van der Waals surface area contributed by atoms with Crippen LogP contribution in [0.4, 0.5) is 0 Å². The monoisotopic (exact) mass is 467 g/mol. The number of benzene rings is 1. The van der Waals surface area contributed by atoms with Crippen molar-refractivity contribution in [1.29, 1.82) is 0 Å². The number of hydrogen-bond donors (Lipinski definition) is 1. The average Bonchev–Trinajstić information content (AvgIpc) is 3.32. The van der Waals surface area contributed by atoms with Crippen molar-refractivity contribution >= 4 is 17.2 Å². The van der Waals surface area contributed by atoms with Gasteiger partial charge in [0.05, 0.1) is 17.4 Å². The van der Waals surface area contributed by atoms with Crippen LogP contribution in [0.2, 0.25) is 0 Å². The number of carbonyl (C=O) groups excluding carboxylic acids is 1. The summed E-state index contributed by atoms with van der Waals surface area (Å²) in [6.07, 6.45) is 4.91. The smallest absolute Gasteiger partial charge is 0.251 e. The van der Waals surface area contributed by atoms with Gasteiger partial charge in [0, 0.05) is 36.5 Å². The van der Waals surface area contributed by atoms with E-state index in [9.17, 15) is 4.79 Å². The Morgan fingerprint density at radius 1 is 1.09 bits per heavy atom. The number of thiazole rings is 1. The molecule has 1 unspecified atom stereocenters. The second kappa shape index (κ2) is 8.79. The standard InChI is InChI=1S/C27H37N3O2S/c1-26(2)10-11-27(3,4)21-15-19(5-6-20(21)26)22-16-33-24(29-22)18-8-13-30(14-9-18)25(31)23-7-12-28-17-32-23/h5-6,15-16,18,23,28H,7-14,17H2,1-4H3. The first-order valence-electron chi connectivity index (χ1n) is 12.5. The summed E-state index contributed by atoms with van der Waals surface area (Å²) in [7, 11) is 0. The van der Waals surface area contributed by atoms with Crippen LogP contribution in [0.15, 0.2) is 23.6 Å².